The lowest BCUT2D eigenvalue weighted by molar-refractivity contribution is 0.102. The van der Waals surface area contributed by atoms with Gasteiger partial charge in [0.2, 0.25) is 5.88 Å². The van der Waals surface area contributed by atoms with Gasteiger partial charge in [-0.25, -0.2) is 0 Å². The summed E-state index contributed by atoms with van der Waals surface area (Å²) in [6, 6.07) is 5.36. The molecule has 5 nitrogen and oxygen atoms in total. The minimum absolute atomic E-state index is 0.261. The van der Waals surface area contributed by atoms with E-state index in [-0.39, 0.29) is 5.91 Å². The lowest BCUT2D eigenvalue weighted by Crippen LogP contribution is -2.13. The summed E-state index contributed by atoms with van der Waals surface area (Å²) >= 11 is 5.96. The first-order chi connectivity index (χ1) is 10.0. The maximum atomic E-state index is 12.4. The highest BCUT2D eigenvalue weighted by atomic mass is 35.5. The number of rotatable bonds is 5. The summed E-state index contributed by atoms with van der Waals surface area (Å²) in [5.74, 6) is 0.0834. The topological polar surface area (TPSA) is 56.2 Å². The highest BCUT2D eigenvalue weighted by molar-refractivity contribution is 6.31. The van der Waals surface area contributed by atoms with E-state index in [1.54, 1.807) is 23.0 Å². The first-order valence-electron chi connectivity index (χ1n) is 6.82. The summed E-state index contributed by atoms with van der Waals surface area (Å²) in [6.07, 6.45) is 1.68. The zero-order valence-corrected chi connectivity index (χ0v) is 13.1. The second kappa shape index (κ2) is 6.63. The van der Waals surface area contributed by atoms with Crippen LogP contribution in [0.5, 0.6) is 5.88 Å². The normalized spacial score (nSPS) is 10.5. The third-order valence-electron chi connectivity index (χ3n) is 3.03. The number of carbonyl (C=O) groups is 1. The third-order valence-corrected chi connectivity index (χ3v) is 3.26. The third kappa shape index (κ3) is 3.55. The van der Waals surface area contributed by atoms with Crippen molar-refractivity contribution in [3.63, 3.8) is 0 Å². The first-order valence-corrected chi connectivity index (χ1v) is 7.20. The number of nitrogens with zero attached hydrogens (tertiary/aromatic N) is 2. The fraction of sp³-hybridized carbons (Fsp3) is 0.333. The van der Waals surface area contributed by atoms with Gasteiger partial charge in [0.05, 0.1) is 6.61 Å². The molecule has 1 aromatic heterocycles. The molecule has 0 bridgehead atoms. The summed E-state index contributed by atoms with van der Waals surface area (Å²) in [4.78, 5) is 12.4. The second-order valence-corrected chi connectivity index (χ2v) is 4.99. The Kier molecular flexibility index (Phi) is 4.85. The fourth-order valence-corrected chi connectivity index (χ4v) is 2.06. The average molecular weight is 308 g/mol. The highest BCUT2D eigenvalue weighted by Crippen LogP contribution is 2.23. The Hall–Kier alpha value is -2.01. The number of nitrogens with one attached hydrogen (secondary N) is 1. The van der Waals surface area contributed by atoms with Crippen LogP contribution in [-0.2, 0) is 6.54 Å². The van der Waals surface area contributed by atoms with Crippen molar-refractivity contribution in [1.82, 2.24) is 9.78 Å². The average Bonchev–Trinajstić information content (AvgIpc) is 2.86. The summed E-state index contributed by atoms with van der Waals surface area (Å²) in [5, 5.41) is 7.65. The zero-order valence-electron chi connectivity index (χ0n) is 12.3. The molecule has 0 aliphatic heterocycles. The predicted molar refractivity (Wildman–Crippen MR) is 83.2 cm³/mol. The van der Waals surface area contributed by atoms with Crippen LogP contribution >= 0.6 is 11.6 Å². The molecule has 2 rings (SSSR count). The predicted octanol–water partition coefficient (Wildman–Crippen LogP) is 3.52. The van der Waals surface area contributed by atoms with Crippen LogP contribution in [0.2, 0.25) is 5.02 Å². The molecule has 0 aliphatic rings. The number of anilines is 1. The van der Waals surface area contributed by atoms with Gasteiger partial charge in [-0.15, -0.1) is 5.10 Å². The van der Waals surface area contributed by atoms with E-state index >= 15 is 0 Å². The minimum atomic E-state index is -0.261. The van der Waals surface area contributed by atoms with Gasteiger partial charge in [-0.3, -0.25) is 9.48 Å². The van der Waals surface area contributed by atoms with Crippen molar-refractivity contribution in [2.75, 3.05) is 11.9 Å². The molecule has 1 N–H and O–H groups in total. The number of amides is 1. The number of aromatic nitrogens is 2. The number of aryl methyl sites for hydroxylation is 2. The van der Waals surface area contributed by atoms with E-state index in [9.17, 15) is 4.79 Å². The van der Waals surface area contributed by atoms with Crippen molar-refractivity contribution < 1.29 is 9.53 Å². The van der Waals surface area contributed by atoms with E-state index in [1.165, 1.54) is 0 Å². The van der Waals surface area contributed by atoms with Gasteiger partial charge in [0, 0.05) is 23.5 Å². The molecule has 0 atom stereocenters. The SMILES string of the molecule is CCOc1nn(CC)cc1C(=O)Nc1cc(Cl)ccc1C. The van der Waals surface area contributed by atoms with E-state index in [0.717, 1.165) is 5.56 Å². The van der Waals surface area contributed by atoms with Crippen LogP contribution < -0.4 is 10.1 Å². The van der Waals surface area contributed by atoms with E-state index in [1.807, 2.05) is 26.8 Å². The lowest BCUT2D eigenvalue weighted by Gasteiger charge is -2.08. The van der Waals surface area contributed by atoms with Gasteiger partial charge < -0.3 is 10.1 Å². The maximum Gasteiger partial charge on any atom is 0.262 e. The van der Waals surface area contributed by atoms with Gasteiger partial charge in [-0.1, -0.05) is 17.7 Å². The molecular formula is C15H18ClN3O2. The molecule has 0 fully saturated rings. The summed E-state index contributed by atoms with van der Waals surface area (Å²) in [7, 11) is 0. The Morgan fingerprint density at radius 2 is 2.19 bits per heavy atom. The summed E-state index contributed by atoms with van der Waals surface area (Å²) in [6.45, 7) is 6.84. The van der Waals surface area contributed by atoms with E-state index in [4.69, 9.17) is 16.3 Å². The second-order valence-electron chi connectivity index (χ2n) is 4.55. The number of hydrogen-bond acceptors (Lipinski definition) is 3. The van der Waals surface area contributed by atoms with Gasteiger partial charge in [0.15, 0.2) is 0 Å². The Morgan fingerprint density at radius 1 is 1.43 bits per heavy atom. The molecule has 0 saturated heterocycles. The Balaban J connectivity index is 2.27. The Labute approximate surface area is 128 Å². The fourth-order valence-electron chi connectivity index (χ4n) is 1.88. The van der Waals surface area contributed by atoms with Crippen LogP contribution in [0.15, 0.2) is 24.4 Å². The molecule has 0 unspecified atom stereocenters. The van der Waals surface area contributed by atoms with Crippen LogP contribution in [0.1, 0.15) is 29.8 Å². The van der Waals surface area contributed by atoms with E-state index < -0.39 is 0 Å². The van der Waals surface area contributed by atoms with Crippen molar-refractivity contribution >= 4 is 23.2 Å². The molecule has 0 aliphatic carbocycles. The molecule has 2 aromatic rings. The largest absolute Gasteiger partial charge is 0.476 e. The molecule has 112 valence electrons. The Bertz CT molecular complexity index is 652. The number of benzene rings is 1. The molecule has 0 radical (unpaired) electrons. The quantitative estimate of drug-likeness (QED) is 0.919. The molecule has 21 heavy (non-hydrogen) atoms. The highest BCUT2D eigenvalue weighted by Gasteiger charge is 2.18. The van der Waals surface area contributed by atoms with E-state index in [0.29, 0.717) is 35.3 Å². The van der Waals surface area contributed by atoms with Gasteiger partial charge in [-0.2, -0.15) is 0 Å². The summed E-state index contributed by atoms with van der Waals surface area (Å²) < 4.78 is 7.08. The molecule has 6 heteroatoms. The van der Waals surface area contributed by atoms with Gasteiger partial charge in [0.1, 0.15) is 5.56 Å². The summed E-state index contributed by atoms with van der Waals surface area (Å²) in [5.41, 5.74) is 2.03. The molecule has 0 spiro atoms. The number of hydrogen-bond donors (Lipinski definition) is 1. The van der Waals surface area contributed by atoms with Crippen LogP contribution in [-0.4, -0.2) is 22.3 Å². The number of halogens is 1. The first kappa shape index (κ1) is 15.4. The van der Waals surface area contributed by atoms with Crippen molar-refractivity contribution in [2.45, 2.75) is 27.3 Å². The molecular weight excluding hydrogens is 290 g/mol. The number of carbonyl (C=O) groups excluding carboxylic acids is 1. The molecule has 1 heterocycles. The Morgan fingerprint density at radius 3 is 2.86 bits per heavy atom. The van der Waals surface area contributed by atoms with Crippen LogP contribution in [0.4, 0.5) is 5.69 Å². The lowest BCUT2D eigenvalue weighted by atomic mass is 10.2. The standard InChI is InChI=1S/C15H18ClN3O2/c1-4-19-9-12(15(18-19)21-5-2)14(20)17-13-8-11(16)7-6-10(13)3/h6-9H,4-5H2,1-3H3,(H,17,20). The van der Waals surface area contributed by atoms with Crippen LogP contribution in [0, 0.1) is 6.92 Å². The van der Waals surface area contributed by atoms with Crippen LogP contribution in [0.25, 0.3) is 0 Å². The zero-order chi connectivity index (χ0) is 15.4. The van der Waals surface area contributed by atoms with Crippen molar-refractivity contribution in [3.05, 3.63) is 40.5 Å². The van der Waals surface area contributed by atoms with E-state index in [2.05, 4.69) is 10.4 Å². The number of ether oxygens (including phenoxy) is 1. The van der Waals surface area contributed by atoms with Gasteiger partial charge in [0.25, 0.3) is 5.91 Å². The van der Waals surface area contributed by atoms with Crippen molar-refractivity contribution in [1.29, 1.82) is 0 Å². The molecule has 1 aromatic carbocycles. The smallest absolute Gasteiger partial charge is 0.262 e. The molecule has 0 saturated carbocycles. The monoisotopic (exact) mass is 307 g/mol. The molecule has 1 amide bonds. The minimum Gasteiger partial charge on any atom is -0.476 e. The van der Waals surface area contributed by atoms with Crippen molar-refractivity contribution in [3.8, 4) is 5.88 Å². The van der Waals surface area contributed by atoms with Crippen molar-refractivity contribution in [2.24, 2.45) is 0 Å². The van der Waals surface area contributed by atoms with Crippen LogP contribution in [0.3, 0.4) is 0 Å². The van der Waals surface area contributed by atoms with Gasteiger partial charge in [-0.05, 0) is 38.5 Å². The maximum absolute atomic E-state index is 12.4. The van der Waals surface area contributed by atoms with Gasteiger partial charge >= 0.3 is 0 Å².